The molecule has 0 atom stereocenters. The maximum atomic E-state index is 12.1. The number of aromatic nitrogens is 2. The van der Waals surface area contributed by atoms with Gasteiger partial charge in [-0.3, -0.25) is 0 Å². The largest absolute Gasteiger partial charge is 0.457 e. The first-order valence-electron chi connectivity index (χ1n) is 7.28. The summed E-state index contributed by atoms with van der Waals surface area (Å²) in [4.78, 5) is 12.1. The molecular weight excluding hydrogens is 347 g/mol. The van der Waals surface area contributed by atoms with Gasteiger partial charge in [-0.25, -0.2) is 9.48 Å². The van der Waals surface area contributed by atoms with Crippen LogP contribution < -0.4 is 0 Å². The molecule has 0 saturated carbocycles. The van der Waals surface area contributed by atoms with Crippen molar-refractivity contribution in [3.63, 3.8) is 0 Å². The SMILES string of the molecule is Cc1nn(-c2ccccc2)c(Cl)c1COC(=O)c1cccc(Cl)c1. The molecule has 1 aromatic heterocycles. The van der Waals surface area contributed by atoms with Gasteiger partial charge in [0, 0.05) is 10.6 Å². The molecule has 0 aliphatic carbocycles. The second-order valence-electron chi connectivity index (χ2n) is 5.19. The lowest BCUT2D eigenvalue weighted by Crippen LogP contribution is -2.05. The van der Waals surface area contributed by atoms with E-state index in [1.165, 1.54) is 0 Å². The quantitative estimate of drug-likeness (QED) is 0.625. The van der Waals surface area contributed by atoms with Crippen molar-refractivity contribution in [2.75, 3.05) is 0 Å². The van der Waals surface area contributed by atoms with E-state index in [0.717, 1.165) is 5.69 Å². The molecule has 3 rings (SSSR count). The number of ether oxygens (including phenoxy) is 1. The van der Waals surface area contributed by atoms with Crippen LogP contribution in [0.3, 0.4) is 0 Å². The van der Waals surface area contributed by atoms with Crippen LogP contribution in [0.5, 0.6) is 0 Å². The summed E-state index contributed by atoms with van der Waals surface area (Å²) in [5.41, 5.74) is 2.63. The van der Waals surface area contributed by atoms with Crippen molar-refractivity contribution in [1.29, 1.82) is 0 Å². The fourth-order valence-electron chi connectivity index (χ4n) is 2.27. The zero-order valence-electron chi connectivity index (χ0n) is 12.9. The van der Waals surface area contributed by atoms with Crippen molar-refractivity contribution in [3.05, 3.63) is 81.6 Å². The Kier molecular flexibility index (Phi) is 4.88. The smallest absolute Gasteiger partial charge is 0.338 e. The van der Waals surface area contributed by atoms with Gasteiger partial charge in [0.25, 0.3) is 0 Å². The van der Waals surface area contributed by atoms with E-state index in [9.17, 15) is 4.79 Å². The molecule has 122 valence electrons. The summed E-state index contributed by atoms with van der Waals surface area (Å²) in [5, 5.41) is 5.33. The maximum Gasteiger partial charge on any atom is 0.338 e. The van der Waals surface area contributed by atoms with Crippen LogP contribution in [0.25, 0.3) is 5.69 Å². The van der Waals surface area contributed by atoms with E-state index in [2.05, 4.69) is 5.10 Å². The van der Waals surface area contributed by atoms with Crippen molar-refractivity contribution in [1.82, 2.24) is 9.78 Å². The average Bonchev–Trinajstić information content (AvgIpc) is 2.88. The van der Waals surface area contributed by atoms with Gasteiger partial charge in [-0.2, -0.15) is 5.10 Å². The Morgan fingerprint density at radius 1 is 1.12 bits per heavy atom. The third-order valence-corrected chi connectivity index (χ3v) is 4.15. The third kappa shape index (κ3) is 3.45. The van der Waals surface area contributed by atoms with Crippen LogP contribution in [-0.4, -0.2) is 15.7 Å². The van der Waals surface area contributed by atoms with E-state index in [0.29, 0.717) is 27.0 Å². The molecular formula is C18H14Cl2N2O2. The van der Waals surface area contributed by atoms with Crippen molar-refractivity contribution in [2.45, 2.75) is 13.5 Å². The van der Waals surface area contributed by atoms with Gasteiger partial charge < -0.3 is 4.74 Å². The number of hydrogen-bond acceptors (Lipinski definition) is 3. The summed E-state index contributed by atoms with van der Waals surface area (Å²) < 4.78 is 6.97. The minimum Gasteiger partial charge on any atom is -0.457 e. The second-order valence-corrected chi connectivity index (χ2v) is 5.98. The predicted molar refractivity (Wildman–Crippen MR) is 93.9 cm³/mol. The minimum absolute atomic E-state index is 0.0445. The zero-order valence-corrected chi connectivity index (χ0v) is 14.4. The van der Waals surface area contributed by atoms with Crippen molar-refractivity contribution >= 4 is 29.2 Å². The van der Waals surface area contributed by atoms with Crippen LogP contribution in [-0.2, 0) is 11.3 Å². The maximum absolute atomic E-state index is 12.1. The molecule has 1 heterocycles. The Labute approximate surface area is 149 Å². The monoisotopic (exact) mass is 360 g/mol. The normalized spacial score (nSPS) is 10.6. The van der Waals surface area contributed by atoms with Crippen molar-refractivity contribution in [3.8, 4) is 5.69 Å². The standard InChI is InChI=1S/C18H14Cl2N2O2/c1-12-16(11-24-18(23)13-6-5-7-14(19)10-13)17(20)22(21-12)15-8-3-2-4-9-15/h2-10H,11H2,1H3. The summed E-state index contributed by atoms with van der Waals surface area (Å²) in [6, 6.07) is 16.1. The Morgan fingerprint density at radius 2 is 1.88 bits per heavy atom. The van der Waals surface area contributed by atoms with E-state index in [4.69, 9.17) is 27.9 Å². The summed E-state index contributed by atoms with van der Waals surface area (Å²) >= 11 is 12.3. The molecule has 0 radical (unpaired) electrons. The lowest BCUT2D eigenvalue weighted by Gasteiger charge is -2.06. The number of hydrogen-bond donors (Lipinski definition) is 0. The number of nitrogens with zero attached hydrogens (tertiary/aromatic N) is 2. The van der Waals surface area contributed by atoms with Crippen LogP contribution in [0.15, 0.2) is 54.6 Å². The molecule has 0 N–H and O–H groups in total. The highest BCUT2D eigenvalue weighted by Gasteiger charge is 2.17. The number of benzene rings is 2. The fraction of sp³-hybridized carbons (Fsp3) is 0.111. The predicted octanol–water partition coefficient (Wildman–Crippen LogP) is 4.84. The zero-order chi connectivity index (χ0) is 17.1. The van der Waals surface area contributed by atoms with Crippen molar-refractivity contribution in [2.24, 2.45) is 0 Å². The van der Waals surface area contributed by atoms with Gasteiger partial charge in [-0.1, -0.05) is 47.5 Å². The molecule has 24 heavy (non-hydrogen) atoms. The van der Waals surface area contributed by atoms with Crippen LogP contribution >= 0.6 is 23.2 Å². The summed E-state index contributed by atoms with van der Waals surface area (Å²) in [5.74, 6) is -0.458. The van der Waals surface area contributed by atoms with Gasteiger partial charge in [0.15, 0.2) is 0 Å². The van der Waals surface area contributed by atoms with E-state index in [1.807, 2.05) is 37.3 Å². The molecule has 3 aromatic rings. The number of halogens is 2. The summed E-state index contributed by atoms with van der Waals surface area (Å²) in [7, 11) is 0. The molecule has 0 aliphatic rings. The van der Waals surface area contributed by atoms with Gasteiger partial charge in [-0.15, -0.1) is 0 Å². The van der Waals surface area contributed by atoms with Crippen LogP contribution in [0.4, 0.5) is 0 Å². The Bertz CT molecular complexity index is 876. The first-order valence-corrected chi connectivity index (χ1v) is 8.04. The molecule has 0 unspecified atom stereocenters. The minimum atomic E-state index is -0.458. The van der Waals surface area contributed by atoms with Crippen LogP contribution in [0.1, 0.15) is 21.6 Å². The van der Waals surface area contributed by atoms with Gasteiger partial charge in [0.05, 0.1) is 16.9 Å². The number of para-hydroxylation sites is 1. The fourth-order valence-corrected chi connectivity index (χ4v) is 2.79. The molecule has 2 aromatic carbocycles. The van der Waals surface area contributed by atoms with E-state index in [1.54, 1.807) is 28.9 Å². The molecule has 0 fully saturated rings. The molecule has 0 spiro atoms. The van der Waals surface area contributed by atoms with Gasteiger partial charge in [0.2, 0.25) is 0 Å². The molecule has 6 heteroatoms. The van der Waals surface area contributed by atoms with E-state index in [-0.39, 0.29) is 6.61 Å². The Balaban J connectivity index is 1.79. The third-order valence-electron chi connectivity index (χ3n) is 3.53. The van der Waals surface area contributed by atoms with Crippen LogP contribution in [0, 0.1) is 6.92 Å². The highest BCUT2D eigenvalue weighted by molar-refractivity contribution is 6.31. The highest BCUT2D eigenvalue weighted by atomic mass is 35.5. The molecule has 0 saturated heterocycles. The lowest BCUT2D eigenvalue weighted by molar-refractivity contribution is 0.0472. The highest BCUT2D eigenvalue weighted by Crippen LogP contribution is 2.24. The van der Waals surface area contributed by atoms with Gasteiger partial charge >= 0.3 is 5.97 Å². The van der Waals surface area contributed by atoms with Crippen molar-refractivity contribution < 1.29 is 9.53 Å². The topological polar surface area (TPSA) is 44.1 Å². The molecule has 0 amide bonds. The number of aryl methyl sites for hydroxylation is 1. The summed E-state index contributed by atoms with van der Waals surface area (Å²) in [6.45, 7) is 1.87. The Hall–Kier alpha value is -2.30. The number of esters is 1. The molecule has 0 bridgehead atoms. The van der Waals surface area contributed by atoms with E-state index < -0.39 is 5.97 Å². The Morgan fingerprint density at radius 3 is 2.58 bits per heavy atom. The summed E-state index contributed by atoms with van der Waals surface area (Å²) in [6.07, 6.45) is 0. The first-order chi connectivity index (χ1) is 11.6. The first kappa shape index (κ1) is 16.6. The number of carbonyl (C=O) groups excluding carboxylic acids is 1. The van der Waals surface area contributed by atoms with E-state index >= 15 is 0 Å². The second kappa shape index (κ2) is 7.07. The van der Waals surface area contributed by atoms with Gasteiger partial charge in [0.1, 0.15) is 11.8 Å². The number of rotatable bonds is 4. The van der Waals surface area contributed by atoms with Gasteiger partial charge in [-0.05, 0) is 37.3 Å². The molecule has 0 aliphatic heterocycles. The average molecular weight is 361 g/mol. The van der Waals surface area contributed by atoms with Crippen LogP contribution in [0.2, 0.25) is 10.2 Å². The lowest BCUT2D eigenvalue weighted by atomic mass is 10.2. The number of carbonyl (C=O) groups is 1. The molecule has 4 nitrogen and oxygen atoms in total.